The van der Waals surface area contributed by atoms with E-state index in [0.29, 0.717) is 44.1 Å². The molecule has 0 atom stereocenters. The fraction of sp³-hybridized carbons (Fsp3) is 0.529. The molecule has 8 heteroatoms. The quantitative estimate of drug-likeness (QED) is 0.900. The molecule has 0 spiro atoms. The number of nitrogens with zero attached hydrogens (tertiary/aromatic N) is 3. The Kier molecular flexibility index (Phi) is 4.83. The van der Waals surface area contributed by atoms with E-state index in [9.17, 15) is 13.2 Å². The Morgan fingerprint density at radius 2 is 1.96 bits per heavy atom. The lowest BCUT2D eigenvalue weighted by Crippen LogP contribution is -2.36. The first kappa shape index (κ1) is 17.9. The van der Waals surface area contributed by atoms with Crippen LogP contribution in [0.4, 0.5) is 0 Å². The Morgan fingerprint density at radius 1 is 1.20 bits per heavy atom. The van der Waals surface area contributed by atoms with Gasteiger partial charge in [-0.15, -0.1) is 0 Å². The SMILES string of the molecule is CC(C)c1nc2ccc(C(=O)N3CCCN(S(C)(=O)=O)CC3)cc2[nH]1. The van der Waals surface area contributed by atoms with Gasteiger partial charge < -0.3 is 9.88 Å². The minimum Gasteiger partial charge on any atom is -0.342 e. The third-order valence-corrected chi connectivity index (χ3v) is 5.81. The average molecular weight is 364 g/mol. The second-order valence-electron chi connectivity index (χ2n) is 6.82. The molecule has 1 fully saturated rings. The number of H-pyrrole nitrogens is 1. The van der Waals surface area contributed by atoms with Crippen molar-refractivity contribution in [2.24, 2.45) is 0 Å². The molecular weight excluding hydrogens is 340 g/mol. The lowest BCUT2D eigenvalue weighted by molar-refractivity contribution is 0.0764. The Bertz CT molecular complexity index is 888. The highest BCUT2D eigenvalue weighted by molar-refractivity contribution is 7.88. The van der Waals surface area contributed by atoms with Crippen LogP contribution >= 0.6 is 0 Å². The Hall–Kier alpha value is -1.93. The summed E-state index contributed by atoms with van der Waals surface area (Å²) < 4.78 is 24.8. The lowest BCUT2D eigenvalue weighted by atomic mass is 10.1. The van der Waals surface area contributed by atoms with Gasteiger partial charge in [-0.2, -0.15) is 0 Å². The molecule has 0 bridgehead atoms. The van der Waals surface area contributed by atoms with Gasteiger partial charge in [-0.05, 0) is 24.6 Å². The van der Waals surface area contributed by atoms with Gasteiger partial charge in [0, 0.05) is 37.7 Å². The molecule has 1 saturated heterocycles. The van der Waals surface area contributed by atoms with Crippen molar-refractivity contribution in [3.05, 3.63) is 29.6 Å². The molecule has 1 aliphatic rings. The molecule has 25 heavy (non-hydrogen) atoms. The highest BCUT2D eigenvalue weighted by Gasteiger charge is 2.24. The highest BCUT2D eigenvalue weighted by Crippen LogP contribution is 2.19. The first-order valence-corrected chi connectivity index (χ1v) is 10.3. The normalized spacial score (nSPS) is 17.2. The number of amides is 1. The van der Waals surface area contributed by atoms with E-state index in [2.05, 4.69) is 23.8 Å². The van der Waals surface area contributed by atoms with Crippen LogP contribution in [0.15, 0.2) is 18.2 Å². The molecule has 1 aromatic carbocycles. The molecule has 1 aromatic heterocycles. The van der Waals surface area contributed by atoms with Crippen molar-refractivity contribution < 1.29 is 13.2 Å². The number of sulfonamides is 1. The number of carbonyl (C=O) groups is 1. The lowest BCUT2D eigenvalue weighted by Gasteiger charge is -2.21. The maximum Gasteiger partial charge on any atom is 0.253 e. The summed E-state index contributed by atoms with van der Waals surface area (Å²) in [6.07, 6.45) is 1.85. The Balaban J connectivity index is 1.79. The molecule has 0 saturated carbocycles. The first-order valence-electron chi connectivity index (χ1n) is 8.50. The van der Waals surface area contributed by atoms with E-state index in [-0.39, 0.29) is 5.91 Å². The van der Waals surface area contributed by atoms with Crippen LogP contribution in [0, 0.1) is 0 Å². The third kappa shape index (κ3) is 3.85. The topological polar surface area (TPSA) is 86.4 Å². The maximum atomic E-state index is 12.8. The molecule has 1 aliphatic heterocycles. The van der Waals surface area contributed by atoms with Crippen LogP contribution in [-0.2, 0) is 10.0 Å². The van der Waals surface area contributed by atoms with Crippen molar-refractivity contribution in [2.75, 3.05) is 32.4 Å². The van der Waals surface area contributed by atoms with Gasteiger partial charge in [-0.25, -0.2) is 17.7 Å². The number of nitrogens with one attached hydrogen (secondary N) is 1. The van der Waals surface area contributed by atoms with Crippen LogP contribution in [0.5, 0.6) is 0 Å². The zero-order chi connectivity index (χ0) is 18.2. The number of rotatable bonds is 3. The number of fused-ring (bicyclic) bond motifs is 1. The third-order valence-electron chi connectivity index (χ3n) is 4.51. The van der Waals surface area contributed by atoms with Crippen LogP contribution in [0.3, 0.4) is 0 Å². The fourth-order valence-electron chi connectivity index (χ4n) is 3.05. The summed E-state index contributed by atoms with van der Waals surface area (Å²) >= 11 is 0. The number of aromatic amines is 1. The molecule has 3 rings (SSSR count). The molecular formula is C17H24N4O3S. The van der Waals surface area contributed by atoms with Crippen molar-refractivity contribution in [3.63, 3.8) is 0 Å². The van der Waals surface area contributed by atoms with E-state index < -0.39 is 10.0 Å². The van der Waals surface area contributed by atoms with Gasteiger partial charge in [-0.1, -0.05) is 13.8 Å². The van der Waals surface area contributed by atoms with Crippen molar-refractivity contribution in [1.82, 2.24) is 19.2 Å². The number of benzene rings is 1. The summed E-state index contributed by atoms with van der Waals surface area (Å²) in [7, 11) is -3.22. The summed E-state index contributed by atoms with van der Waals surface area (Å²) in [6, 6.07) is 5.47. The van der Waals surface area contributed by atoms with Gasteiger partial charge >= 0.3 is 0 Å². The minimum absolute atomic E-state index is 0.0713. The van der Waals surface area contributed by atoms with E-state index in [0.717, 1.165) is 16.9 Å². The number of hydrogen-bond donors (Lipinski definition) is 1. The van der Waals surface area contributed by atoms with Gasteiger partial charge in [0.25, 0.3) is 5.91 Å². The molecule has 7 nitrogen and oxygen atoms in total. The maximum absolute atomic E-state index is 12.8. The van der Waals surface area contributed by atoms with Crippen LogP contribution in [0.1, 0.15) is 42.4 Å². The van der Waals surface area contributed by atoms with Gasteiger partial charge in [0.15, 0.2) is 0 Å². The van der Waals surface area contributed by atoms with Crippen LogP contribution in [0.2, 0.25) is 0 Å². The van der Waals surface area contributed by atoms with Gasteiger partial charge in [0.2, 0.25) is 10.0 Å². The first-order chi connectivity index (χ1) is 11.8. The Labute approximate surface area is 148 Å². The second kappa shape index (κ2) is 6.76. The predicted molar refractivity (Wildman–Crippen MR) is 97.1 cm³/mol. The van der Waals surface area contributed by atoms with Crippen molar-refractivity contribution in [3.8, 4) is 0 Å². The van der Waals surface area contributed by atoms with Crippen molar-refractivity contribution >= 4 is 27.0 Å². The number of imidazole rings is 1. The molecule has 0 unspecified atom stereocenters. The summed E-state index contributed by atoms with van der Waals surface area (Å²) in [4.78, 5) is 22.3. The van der Waals surface area contributed by atoms with Crippen LogP contribution in [-0.4, -0.2) is 65.9 Å². The van der Waals surface area contributed by atoms with Crippen LogP contribution < -0.4 is 0 Å². The molecule has 1 N–H and O–H groups in total. The number of carbonyl (C=O) groups excluding carboxylic acids is 1. The van der Waals surface area contributed by atoms with E-state index >= 15 is 0 Å². The van der Waals surface area contributed by atoms with E-state index in [1.54, 1.807) is 11.0 Å². The average Bonchev–Trinajstić information content (AvgIpc) is 2.80. The number of aromatic nitrogens is 2. The summed E-state index contributed by atoms with van der Waals surface area (Å²) in [6.45, 7) is 5.89. The Morgan fingerprint density at radius 3 is 2.64 bits per heavy atom. The zero-order valence-electron chi connectivity index (χ0n) is 14.8. The van der Waals surface area contributed by atoms with Crippen LogP contribution in [0.25, 0.3) is 11.0 Å². The molecule has 2 aromatic rings. The predicted octanol–water partition coefficient (Wildman–Crippen LogP) is 1.79. The summed E-state index contributed by atoms with van der Waals surface area (Å²) in [5, 5.41) is 0. The molecule has 2 heterocycles. The van der Waals surface area contributed by atoms with Gasteiger partial charge in [0.1, 0.15) is 5.82 Å². The monoisotopic (exact) mass is 364 g/mol. The zero-order valence-corrected chi connectivity index (χ0v) is 15.6. The second-order valence-corrected chi connectivity index (χ2v) is 8.80. The smallest absolute Gasteiger partial charge is 0.253 e. The standard InChI is InChI=1S/C17H24N4O3S/c1-12(2)16-18-14-6-5-13(11-15(14)19-16)17(22)20-7-4-8-21(10-9-20)25(3,23)24/h5-6,11-12H,4,7-10H2,1-3H3,(H,18,19). The highest BCUT2D eigenvalue weighted by atomic mass is 32.2. The van der Waals surface area contributed by atoms with E-state index in [1.807, 2.05) is 12.1 Å². The minimum atomic E-state index is -3.22. The summed E-state index contributed by atoms with van der Waals surface area (Å²) in [5.41, 5.74) is 2.29. The molecule has 136 valence electrons. The van der Waals surface area contributed by atoms with Crippen molar-refractivity contribution in [2.45, 2.75) is 26.2 Å². The van der Waals surface area contributed by atoms with Crippen molar-refractivity contribution in [1.29, 1.82) is 0 Å². The molecule has 0 aliphatic carbocycles. The van der Waals surface area contributed by atoms with E-state index in [4.69, 9.17) is 0 Å². The van der Waals surface area contributed by atoms with Gasteiger partial charge in [0.05, 0.1) is 17.3 Å². The van der Waals surface area contributed by atoms with E-state index in [1.165, 1.54) is 10.6 Å². The molecule has 1 amide bonds. The fourth-order valence-corrected chi connectivity index (χ4v) is 3.92. The largest absolute Gasteiger partial charge is 0.342 e. The summed E-state index contributed by atoms with van der Waals surface area (Å²) in [5.74, 6) is 1.12. The van der Waals surface area contributed by atoms with Gasteiger partial charge in [-0.3, -0.25) is 4.79 Å². The molecule has 0 radical (unpaired) electrons. The number of hydrogen-bond acceptors (Lipinski definition) is 4.